The molecule has 2 aromatic rings. The van der Waals surface area contributed by atoms with Gasteiger partial charge in [0.2, 0.25) is 5.89 Å². The summed E-state index contributed by atoms with van der Waals surface area (Å²) in [4.78, 5) is 0. The van der Waals surface area contributed by atoms with Gasteiger partial charge in [0.25, 0.3) is 5.89 Å². The summed E-state index contributed by atoms with van der Waals surface area (Å²) in [7, 11) is 0. The molecule has 1 N–H and O–H groups in total. The Morgan fingerprint density at radius 1 is 1.32 bits per heavy atom. The van der Waals surface area contributed by atoms with Crippen LogP contribution in [0.15, 0.2) is 22.6 Å². The van der Waals surface area contributed by atoms with E-state index in [0.29, 0.717) is 11.5 Å². The molecule has 1 unspecified atom stereocenters. The molecule has 19 heavy (non-hydrogen) atoms. The van der Waals surface area contributed by atoms with Gasteiger partial charge in [-0.25, -0.2) is 4.39 Å². The van der Waals surface area contributed by atoms with E-state index in [9.17, 15) is 4.39 Å². The van der Waals surface area contributed by atoms with Crippen molar-refractivity contribution in [1.29, 1.82) is 0 Å². The molecule has 0 aliphatic carbocycles. The van der Waals surface area contributed by atoms with Crippen LogP contribution in [-0.2, 0) is 0 Å². The molecular formula is C14H18FN3O. The number of hydrogen-bond donors (Lipinski definition) is 1. The molecule has 0 radical (unpaired) electrons. The summed E-state index contributed by atoms with van der Waals surface area (Å²) in [6.07, 6.45) is 0.839. The summed E-state index contributed by atoms with van der Waals surface area (Å²) in [6.45, 7) is 6.76. The monoisotopic (exact) mass is 263 g/mol. The first-order chi connectivity index (χ1) is 9.15. The van der Waals surface area contributed by atoms with E-state index in [1.54, 1.807) is 12.1 Å². The molecular weight excluding hydrogens is 245 g/mol. The van der Waals surface area contributed by atoms with Crippen LogP contribution < -0.4 is 5.32 Å². The average molecular weight is 263 g/mol. The molecule has 0 bridgehead atoms. The van der Waals surface area contributed by atoms with Crippen LogP contribution >= 0.6 is 0 Å². The molecule has 1 aromatic heterocycles. The molecule has 102 valence electrons. The molecule has 0 saturated heterocycles. The highest BCUT2D eigenvalue weighted by Crippen LogP contribution is 2.25. The zero-order chi connectivity index (χ0) is 13.8. The highest BCUT2D eigenvalue weighted by molar-refractivity contribution is 5.54. The Kier molecular flexibility index (Phi) is 4.27. The van der Waals surface area contributed by atoms with Gasteiger partial charge < -0.3 is 9.73 Å². The van der Waals surface area contributed by atoms with E-state index >= 15 is 0 Å². The minimum absolute atomic E-state index is 0.0131. The van der Waals surface area contributed by atoms with Crippen molar-refractivity contribution < 1.29 is 8.81 Å². The summed E-state index contributed by atoms with van der Waals surface area (Å²) in [5, 5.41) is 11.2. The number of aromatic nitrogens is 2. The fraction of sp³-hybridized carbons (Fsp3) is 0.429. The van der Waals surface area contributed by atoms with Crippen molar-refractivity contribution in [3.05, 3.63) is 35.5 Å². The maximum Gasteiger partial charge on any atom is 0.250 e. The van der Waals surface area contributed by atoms with E-state index in [0.717, 1.165) is 18.5 Å². The van der Waals surface area contributed by atoms with Gasteiger partial charge in [-0.1, -0.05) is 25.5 Å². The minimum Gasteiger partial charge on any atom is -0.419 e. The first-order valence-corrected chi connectivity index (χ1v) is 6.49. The van der Waals surface area contributed by atoms with Gasteiger partial charge in [0.05, 0.1) is 11.6 Å². The fourth-order valence-electron chi connectivity index (χ4n) is 1.94. The van der Waals surface area contributed by atoms with Crippen LogP contribution in [0.3, 0.4) is 0 Å². The standard InChI is InChI=1S/C14H18FN3O/c1-4-12(16-5-2)14-18-17-13(19-14)10-8-9(3)6-7-11(10)15/h6-8,12,16H,4-5H2,1-3H3. The number of hydrogen-bond acceptors (Lipinski definition) is 4. The number of aryl methyl sites for hydroxylation is 1. The van der Waals surface area contributed by atoms with Crippen molar-refractivity contribution in [2.24, 2.45) is 0 Å². The summed E-state index contributed by atoms with van der Waals surface area (Å²) in [6, 6.07) is 4.85. The zero-order valence-corrected chi connectivity index (χ0v) is 11.4. The maximum atomic E-state index is 13.8. The highest BCUT2D eigenvalue weighted by Gasteiger charge is 2.18. The molecule has 0 aliphatic heterocycles. The van der Waals surface area contributed by atoms with Crippen LogP contribution in [0.5, 0.6) is 0 Å². The van der Waals surface area contributed by atoms with Gasteiger partial charge in [0, 0.05) is 0 Å². The van der Waals surface area contributed by atoms with Crippen LogP contribution in [0.25, 0.3) is 11.5 Å². The SMILES string of the molecule is CCNC(CC)c1nnc(-c2cc(C)ccc2F)o1. The lowest BCUT2D eigenvalue weighted by Gasteiger charge is -2.10. The van der Waals surface area contributed by atoms with E-state index in [1.807, 2.05) is 20.8 Å². The van der Waals surface area contributed by atoms with Crippen LogP contribution in [0.4, 0.5) is 4.39 Å². The Bertz CT molecular complexity index is 553. The Labute approximate surface area is 112 Å². The van der Waals surface area contributed by atoms with Crippen LogP contribution in [-0.4, -0.2) is 16.7 Å². The number of nitrogens with one attached hydrogen (secondary N) is 1. The largest absolute Gasteiger partial charge is 0.419 e. The zero-order valence-electron chi connectivity index (χ0n) is 11.4. The molecule has 1 atom stereocenters. The maximum absolute atomic E-state index is 13.8. The van der Waals surface area contributed by atoms with E-state index in [4.69, 9.17) is 4.42 Å². The molecule has 0 saturated carbocycles. The van der Waals surface area contributed by atoms with Crippen molar-refractivity contribution in [3.63, 3.8) is 0 Å². The third-order valence-corrected chi connectivity index (χ3v) is 2.95. The first-order valence-electron chi connectivity index (χ1n) is 6.49. The Balaban J connectivity index is 2.32. The van der Waals surface area contributed by atoms with Crippen molar-refractivity contribution in [2.75, 3.05) is 6.54 Å². The lowest BCUT2D eigenvalue weighted by Crippen LogP contribution is -2.20. The number of halogens is 1. The first kappa shape index (κ1) is 13.7. The molecule has 2 rings (SSSR count). The second-order valence-corrected chi connectivity index (χ2v) is 4.45. The number of rotatable bonds is 5. The quantitative estimate of drug-likeness (QED) is 0.899. The predicted molar refractivity (Wildman–Crippen MR) is 71.1 cm³/mol. The average Bonchev–Trinajstić information content (AvgIpc) is 2.88. The molecule has 1 heterocycles. The van der Waals surface area contributed by atoms with Gasteiger partial charge in [-0.2, -0.15) is 0 Å². The van der Waals surface area contributed by atoms with Gasteiger partial charge in [-0.3, -0.25) is 0 Å². The highest BCUT2D eigenvalue weighted by atomic mass is 19.1. The second kappa shape index (κ2) is 5.93. The molecule has 0 fully saturated rings. The number of benzene rings is 1. The normalized spacial score (nSPS) is 12.6. The van der Waals surface area contributed by atoms with Gasteiger partial charge in [-0.05, 0) is 32.0 Å². The van der Waals surface area contributed by atoms with E-state index in [2.05, 4.69) is 15.5 Å². The predicted octanol–water partition coefficient (Wildman–Crippen LogP) is 3.24. The Morgan fingerprint density at radius 2 is 2.11 bits per heavy atom. The molecule has 5 heteroatoms. The molecule has 0 amide bonds. The van der Waals surface area contributed by atoms with Crippen LogP contribution in [0.2, 0.25) is 0 Å². The van der Waals surface area contributed by atoms with E-state index in [1.165, 1.54) is 6.07 Å². The smallest absolute Gasteiger partial charge is 0.250 e. The fourth-order valence-corrected chi connectivity index (χ4v) is 1.94. The Morgan fingerprint density at radius 3 is 2.79 bits per heavy atom. The molecule has 4 nitrogen and oxygen atoms in total. The topological polar surface area (TPSA) is 51.0 Å². The lowest BCUT2D eigenvalue weighted by molar-refractivity contribution is 0.401. The lowest BCUT2D eigenvalue weighted by atomic mass is 10.1. The van der Waals surface area contributed by atoms with Crippen molar-refractivity contribution in [1.82, 2.24) is 15.5 Å². The van der Waals surface area contributed by atoms with E-state index in [-0.39, 0.29) is 17.7 Å². The third-order valence-electron chi connectivity index (χ3n) is 2.95. The Hall–Kier alpha value is -1.75. The number of nitrogens with zero attached hydrogens (tertiary/aromatic N) is 2. The minimum atomic E-state index is -0.350. The summed E-state index contributed by atoms with van der Waals surface area (Å²) in [5.41, 5.74) is 1.31. The van der Waals surface area contributed by atoms with Gasteiger partial charge >= 0.3 is 0 Å². The second-order valence-electron chi connectivity index (χ2n) is 4.45. The third kappa shape index (κ3) is 2.98. The van der Waals surface area contributed by atoms with Crippen LogP contribution in [0.1, 0.15) is 37.8 Å². The van der Waals surface area contributed by atoms with E-state index < -0.39 is 0 Å². The molecule has 0 aliphatic rings. The van der Waals surface area contributed by atoms with Gasteiger partial charge in [0.1, 0.15) is 5.82 Å². The summed E-state index contributed by atoms with van der Waals surface area (Å²) < 4.78 is 19.3. The van der Waals surface area contributed by atoms with Crippen molar-refractivity contribution >= 4 is 0 Å². The summed E-state index contributed by atoms with van der Waals surface area (Å²) in [5.74, 6) is 0.380. The van der Waals surface area contributed by atoms with Crippen LogP contribution in [0, 0.1) is 12.7 Å². The molecule has 0 spiro atoms. The molecule has 1 aromatic carbocycles. The van der Waals surface area contributed by atoms with Crippen molar-refractivity contribution in [3.8, 4) is 11.5 Å². The van der Waals surface area contributed by atoms with Gasteiger partial charge in [0.15, 0.2) is 0 Å². The van der Waals surface area contributed by atoms with Crippen molar-refractivity contribution in [2.45, 2.75) is 33.2 Å². The van der Waals surface area contributed by atoms with Gasteiger partial charge in [-0.15, -0.1) is 10.2 Å². The summed E-state index contributed by atoms with van der Waals surface area (Å²) >= 11 is 0.